The van der Waals surface area contributed by atoms with Crippen LogP contribution in [-0.4, -0.2) is 61.9 Å². The summed E-state index contributed by atoms with van der Waals surface area (Å²) in [6.07, 6.45) is 0. The molecule has 1 aromatic rings. The lowest BCUT2D eigenvalue weighted by molar-refractivity contribution is 0.128. The minimum Gasteiger partial charge on any atom is -0.383 e. The maximum atomic E-state index is 5.42. The second kappa shape index (κ2) is 10.3. The number of methoxy groups -OCH3 is 1. The number of anilines is 2. The summed E-state index contributed by atoms with van der Waals surface area (Å²) in [5.41, 5.74) is 2.54. The van der Waals surface area contributed by atoms with Gasteiger partial charge in [0.1, 0.15) is 18.2 Å². The molecule has 0 amide bonds. The van der Waals surface area contributed by atoms with Crippen molar-refractivity contribution in [3.05, 3.63) is 11.9 Å². The first-order chi connectivity index (χ1) is 10.2. The van der Waals surface area contributed by atoms with Crippen LogP contribution in [0.1, 0.15) is 12.7 Å². The smallest absolute Gasteiger partial charge is 0.158 e. The van der Waals surface area contributed by atoms with Crippen molar-refractivity contribution in [1.82, 2.24) is 14.9 Å². The number of nitrogens with one attached hydrogen (secondary N) is 2. The number of aromatic nitrogens is 2. The van der Waals surface area contributed by atoms with E-state index in [2.05, 4.69) is 25.6 Å². The predicted octanol–water partition coefficient (Wildman–Crippen LogP) is 0.289. The number of likely N-dealkylation sites (N-methyl/N-ethyl adjacent to an activating group) is 1. The number of hydrogen-bond donors (Lipinski definition) is 3. The molecule has 0 spiro atoms. The van der Waals surface area contributed by atoms with Crippen LogP contribution in [0.2, 0.25) is 0 Å². The van der Waals surface area contributed by atoms with Crippen molar-refractivity contribution < 1.29 is 9.47 Å². The zero-order valence-electron chi connectivity index (χ0n) is 13.1. The summed E-state index contributed by atoms with van der Waals surface area (Å²) in [7, 11) is 3.75. The third-order valence-corrected chi connectivity index (χ3v) is 2.83. The Morgan fingerprint density at radius 2 is 2.05 bits per heavy atom. The summed E-state index contributed by atoms with van der Waals surface area (Å²) in [5.74, 6) is 7.31. The Morgan fingerprint density at radius 3 is 2.71 bits per heavy atom. The number of hydrogen-bond acceptors (Lipinski definition) is 8. The topological polar surface area (TPSA) is 97.6 Å². The van der Waals surface area contributed by atoms with Crippen molar-refractivity contribution >= 4 is 11.6 Å². The Kier molecular flexibility index (Phi) is 8.60. The first kappa shape index (κ1) is 17.6. The third-order valence-electron chi connectivity index (χ3n) is 2.83. The molecule has 1 heterocycles. The highest BCUT2D eigenvalue weighted by Crippen LogP contribution is 2.10. The van der Waals surface area contributed by atoms with Crippen LogP contribution in [0.3, 0.4) is 0 Å². The van der Waals surface area contributed by atoms with Gasteiger partial charge in [-0.05, 0) is 14.0 Å². The monoisotopic (exact) mass is 298 g/mol. The summed E-state index contributed by atoms with van der Waals surface area (Å²) in [6, 6.07) is 1.77. The van der Waals surface area contributed by atoms with E-state index in [0.717, 1.165) is 32.1 Å². The minimum absolute atomic E-state index is 0.369. The fraction of sp³-hybridized carbons (Fsp3) is 0.692. The molecule has 0 unspecified atom stereocenters. The maximum Gasteiger partial charge on any atom is 0.158 e. The Morgan fingerprint density at radius 1 is 1.29 bits per heavy atom. The zero-order chi connectivity index (χ0) is 15.5. The van der Waals surface area contributed by atoms with Gasteiger partial charge in [-0.25, -0.2) is 15.8 Å². The van der Waals surface area contributed by atoms with E-state index in [1.807, 2.05) is 14.0 Å². The summed E-state index contributed by atoms with van der Waals surface area (Å²) >= 11 is 0. The van der Waals surface area contributed by atoms with E-state index < -0.39 is 0 Å². The maximum absolute atomic E-state index is 5.42. The fourth-order valence-electron chi connectivity index (χ4n) is 1.65. The van der Waals surface area contributed by atoms with Gasteiger partial charge < -0.3 is 25.1 Å². The molecule has 0 fully saturated rings. The lowest BCUT2D eigenvalue weighted by Crippen LogP contribution is -2.28. The molecule has 4 N–H and O–H groups in total. The average molecular weight is 298 g/mol. The van der Waals surface area contributed by atoms with Gasteiger partial charge in [-0.15, -0.1) is 0 Å². The number of nitrogens with two attached hydrogens (primary N) is 1. The molecule has 8 heteroatoms. The molecule has 0 aliphatic rings. The summed E-state index contributed by atoms with van der Waals surface area (Å²) in [5, 5.41) is 3.26. The van der Waals surface area contributed by atoms with Crippen LogP contribution in [0, 0.1) is 0 Å². The first-order valence-corrected chi connectivity index (χ1v) is 7.03. The van der Waals surface area contributed by atoms with Gasteiger partial charge in [0.2, 0.25) is 0 Å². The molecule has 0 saturated carbocycles. The second-order valence-corrected chi connectivity index (χ2v) is 4.56. The molecule has 0 bridgehead atoms. The molecule has 0 saturated heterocycles. The number of nitrogens with zero attached hydrogens (tertiary/aromatic N) is 3. The number of nitrogen functional groups attached to an aromatic ring is 1. The Balaban J connectivity index is 2.49. The van der Waals surface area contributed by atoms with E-state index in [4.69, 9.17) is 15.3 Å². The number of ether oxygens (including phenoxy) is 2. The van der Waals surface area contributed by atoms with Crippen LogP contribution in [0.15, 0.2) is 6.07 Å². The van der Waals surface area contributed by atoms with Gasteiger partial charge in [0.15, 0.2) is 5.82 Å². The predicted molar refractivity (Wildman–Crippen MR) is 83.0 cm³/mol. The van der Waals surface area contributed by atoms with Crippen molar-refractivity contribution in [2.45, 2.75) is 13.5 Å². The molecule has 0 aliphatic heterocycles. The normalized spacial score (nSPS) is 10.9. The molecule has 0 radical (unpaired) electrons. The molecule has 8 nitrogen and oxygen atoms in total. The van der Waals surface area contributed by atoms with Crippen molar-refractivity contribution in [3.63, 3.8) is 0 Å². The van der Waals surface area contributed by atoms with Crippen molar-refractivity contribution in [1.29, 1.82) is 0 Å². The van der Waals surface area contributed by atoms with E-state index in [-0.39, 0.29) is 0 Å². The van der Waals surface area contributed by atoms with Crippen LogP contribution in [0.25, 0.3) is 0 Å². The molecule has 1 rings (SSSR count). The van der Waals surface area contributed by atoms with Crippen molar-refractivity contribution in [3.8, 4) is 0 Å². The van der Waals surface area contributed by atoms with Gasteiger partial charge in [0.05, 0.1) is 6.61 Å². The average Bonchev–Trinajstić information content (AvgIpc) is 2.50. The molecular formula is C13H26N6O2. The van der Waals surface area contributed by atoms with E-state index in [1.165, 1.54) is 0 Å². The third kappa shape index (κ3) is 7.19. The molecule has 0 aromatic carbocycles. The Hall–Kier alpha value is -1.48. The second-order valence-electron chi connectivity index (χ2n) is 4.56. The van der Waals surface area contributed by atoms with Crippen LogP contribution in [-0.2, 0) is 16.1 Å². The molecule has 120 valence electrons. The summed E-state index contributed by atoms with van der Waals surface area (Å²) in [6.45, 7) is 6.21. The quantitative estimate of drug-likeness (QED) is 0.396. The fourth-order valence-corrected chi connectivity index (χ4v) is 1.65. The van der Waals surface area contributed by atoms with Gasteiger partial charge in [-0.3, -0.25) is 0 Å². The molecule has 0 aliphatic carbocycles. The van der Waals surface area contributed by atoms with Gasteiger partial charge in [-0.2, -0.15) is 0 Å². The van der Waals surface area contributed by atoms with Crippen LogP contribution in [0.4, 0.5) is 11.6 Å². The number of rotatable bonds is 11. The Labute approximate surface area is 126 Å². The minimum atomic E-state index is 0.369. The van der Waals surface area contributed by atoms with Gasteiger partial charge in [0, 0.05) is 39.4 Å². The van der Waals surface area contributed by atoms with Crippen molar-refractivity contribution in [2.75, 3.05) is 57.7 Å². The van der Waals surface area contributed by atoms with Gasteiger partial charge >= 0.3 is 0 Å². The van der Waals surface area contributed by atoms with E-state index in [9.17, 15) is 0 Å². The van der Waals surface area contributed by atoms with Crippen molar-refractivity contribution in [2.24, 2.45) is 5.84 Å². The highest BCUT2D eigenvalue weighted by molar-refractivity contribution is 5.46. The standard InChI is InChI=1S/C13H26N6O2/c1-4-21-10-13-16-11(9-12(17-13)18-14)15-5-6-19(2)7-8-20-3/h9H,4-8,10,14H2,1-3H3,(H2,15,16,17,18). The zero-order valence-corrected chi connectivity index (χ0v) is 13.1. The highest BCUT2D eigenvalue weighted by atomic mass is 16.5. The lowest BCUT2D eigenvalue weighted by Gasteiger charge is -2.16. The summed E-state index contributed by atoms with van der Waals surface area (Å²) < 4.78 is 10.4. The highest BCUT2D eigenvalue weighted by Gasteiger charge is 2.04. The van der Waals surface area contributed by atoms with Crippen LogP contribution in [0.5, 0.6) is 0 Å². The van der Waals surface area contributed by atoms with E-state index in [0.29, 0.717) is 24.9 Å². The lowest BCUT2D eigenvalue weighted by atomic mass is 10.4. The molecule has 21 heavy (non-hydrogen) atoms. The summed E-state index contributed by atoms with van der Waals surface area (Å²) in [4.78, 5) is 10.8. The molecule has 0 atom stereocenters. The van der Waals surface area contributed by atoms with Crippen LogP contribution < -0.4 is 16.6 Å². The Bertz CT molecular complexity index is 404. The van der Waals surface area contributed by atoms with Gasteiger partial charge in [-0.1, -0.05) is 0 Å². The molecule has 1 aromatic heterocycles. The van der Waals surface area contributed by atoms with E-state index >= 15 is 0 Å². The SMILES string of the molecule is CCOCc1nc(NN)cc(NCCN(C)CCOC)n1. The first-order valence-electron chi connectivity index (χ1n) is 7.03. The van der Waals surface area contributed by atoms with E-state index in [1.54, 1.807) is 13.2 Å². The number of hydrazine groups is 1. The van der Waals surface area contributed by atoms with Gasteiger partial charge in [0.25, 0.3) is 0 Å². The largest absolute Gasteiger partial charge is 0.383 e. The van der Waals surface area contributed by atoms with Crippen LogP contribution >= 0.6 is 0 Å². The molecular weight excluding hydrogens is 272 g/mol.